The molecule has 0 unspecified atom stereocenters. The van der Waals surface area contributed by atoms with Crippen molar-refractivity contribution >= 4 is 17.3 Å². The first-order valence-corrected chi connectivity index (χ1v) is 8.56. The summed E-state index contributed by atoms with van der Waals surface area (Å²) < 4.78 is 0. The molecule has 0 saturated carbocycles. The molecule has 0 atom stereocenters. The quantitative estimate of drug-likeness (QED) is 0.762. The molecular formula is C22H20N2O. The van der Waals surface area contributed by atoms with Crippen molar-refractivity contribution in [3.8, 4) is 0 Å². The molecule has 3 aromatic carbocycles. The molecule has 3 heteroatoms. The first-order chi connectivity index (χ1) is 12.3. The van der Waals surface area contributed by atoms with Gasteiger partial charge in [-0.3, -0.25) is 4.79 Å². The van der Waals surface area contributed by atoms with E-state index < -0.39 is 0 Å². The van der Waals surface area contributed by atoms with Crippen molar-refractivity contribution in [3.63, 3.8) is 0 Å². The molecule has 3 aromatic rings. The summed E-state index contributed by atoms with van der Waals surface area (Å²) in [7, 11) is 0. The first-order valence-electron chi connectivity index (χ1n) is 8.56. The zero-order chi connectivity index (χ0) is 17.1. The van der Waals surface area contributed by atoms with Crippen LogP contribution < -0.4 is 10.2 Å². The highest BCUT2D eigenvalue weighted by atomic mass is 16.1. The maximum Gasteiger partial charge on any atom is 0.255 e. The van der Waals surface area contributed by atoms with Gasteiger partial charge in [-0.15, -0.1) is 0 Å². The molecule has 0 aromatic heterocycles. The van der Waals surface area contributed by atoms with Gasteiger partial charge in [-0.25, -0.2) is 0 Å². The maximum absolute atomic E-state index is 12.2. The van der Waals surface area contributed by atoms with Crippen LogP contribution in [0.2, 0.25) is 0 Å². The second-order valence-corrected chi connectivity index (χ2v) is 6.38. The molecule has 3 nitrogen and oxygen atoms in total. The Kier molecular flexibility index (Phi) is 4.21. The van der Waals surface area contributed by atoms with Crippen molar-refractivity contribution in [1.29, 1.82) is 0 Å². The minimum Gasteiger partial charge on any atom is -0.370 e. The van der Waals surface area contributed by atoms with Crippen molar-refractivity contribution < 1.29 is 4.79 Å². The zero-order valence-electron chi connectivity index (χ0n) is 13.9. The van der Waals surface area contributed by atoms with Gasteiger partial charge in [0, 0.05) is 35.9 Å². The van der Waals surface area contributed by atoms with Crippen LogP contribution >= 0.6 is 0 Å². The van der Waals surface area contributed by atoms with Crippen molar-refractivity contribution in [1.82, 2.24) is 0 Å². The summed E-state index contributed by atoms with van der Waals surface area (Å²) in [6, 6.07) is 28.0. The monoisotopic (exact) mass is 328 g/mol. The average molecular weight is 328 g/mol. The number of amides is 1. The number of nitrogens with zero attached hydrogens (tertiary/aromatic N) is 1. The summed E-state index contributed by atoms with van der Waals surface area (Å²) in [6.07, 6.45) is 0. The molecule has 1 N–H and O–H groups in total. The lowest BCUT2D eigenvalue weighted by Crippen LogP contribution is -2.44. The average Bonchev–Trinajstić information content (AvgIpc) is 2.63. The fourth-order valence-electron chi connectivity index (χ4n) is 3.17. The highest BCUT2D eigenvalue weighted by Gasteiger charge is 2.27. The Balaban J connectivity index is 1.36. The van der Waals surface area contributed by atoms with Crippen LogP contribution in [0.15, 0.2) is 84.9 Å². The Hall–Kier alpha value is -3.07. The fraction of sp³-hybridized carbons (Fsp3) is 0.136. The third-order valence-corrected chi connectivity index (χ3v) is 4.68. The SMILES string of the molecule is O=C(Nc1ccc(N2CC(c3ccccc3)C2)cc1)c1ccccc1. The van der Waals surface area contributed by atoms with Gasteiger partial charge >= 0.3 is 0 Å². The normalized spacial score (nSPS) is 14.0. The molecule has 0 spiro atoms. The van der Waals surface area contributed by atoms with Crippen molar-refractivity contribution in [2.75, 3.05) is 23.3 Å². The van der Waals surface area contributed by atoms with Gasteiger partial charge in [0.2, 0.25) is 0 Å². The number of hydrogen-bond donors (Lipinski definition) is 1. The molecule has 1 fully saturated rings. The lowest BCUT2D eigenvalue weighted by molar-refractivity contribution is 0.102. The molecule has 0 aliphatic carbocycles. The standard InChI is InChI=1S/C22H20N2O/c25-22(18-9-5-2-6-10-18)23-20-11-13-21(14-12-20)24-15-19(16-24)17-7-3-1-4-8-17/h1-14,19H,15-16H2,(H,23,25). The second kappa shape index (κ2) is 6.81. The third kappa shape index (κ3) is 3.41. The van der Waals surface area contributed by atoms with Crippen LogP contribution in [0, 0.1) is 0 Å². The molecule has 0 radical (unpaired) electrons. The molecule has 1 aliphatic heterocycles. The van der Waals surface area contributed by atoms with Gasteiger partial charge in [0.25, 0.3) is 5.91 Å². The molecule has 1 aliphatic rings. The van der Waals surface area contributed by atoms with Crippen LogP contribution in [0.1, 0.15) is 21.8 Å². The van der Waals surface area contributed by atoms with Crippen LogP contribution in [0.5, 0.6) is 0 Å². The summed E-state index contributed by atoms with van der Waals surface area (Å²) in [5, 5.41) is 2.94. The van der Waals surface area contributed by atoms with E-state index in [1.54, 1.807) is 0 Å². The molecule has 1 saturated heterocycles. The molecular weight excluding hydrogens is 308 g/mol. The third-order valence-electron chi connectivity index (χ3n) is 4.68. The van der Waals surface area contributed by atoms with Crippen LogP contribution in [0.4, 0.5) is 11.4 Å². The summed E-state index contributed by atoms with van der Waals surface area (Å²) in [4.78, 5) is 14.5. The highest BCUT2D eigenvalue weighted by molar-refractivity contribution is 6.04. The minimum atomic E-state index is -0.0820. The minimum absolute atomic E-state index is 0.0820. The van der Waals surface area contributed by atoms with Gasteiger partial charge in [-0.2, -0.15) is 0 Å². The summed E-state index contributed by atoms with van der Waals surface area (Å²) >= 11 is 0. The van der Waals surface area contributed by atoms with E-state index in [1.165, 1.54) is 11.3 Å². The molecule has 1 amide bonds. The Labute approximate surface area is 147 Å². The Bertz CT molecular complexity index is 838. The highest BCUT2D eigenvalue weighted by Crippen LogP contribution is 2.32. The molecule has 4 rings (SSSR count). The van der Waals surface area contributed by atoms with E-state index in [9.17, 15) is 4.79 Å². The van der Waals surface area contributed by atoms with Crippen LogP contribution in [-0.4, -0.2) is 19.0 Å². The zero-order valence-corrected chi connectivity index (χ0v) is 13.9. The van der Waals surface area contributed by atoms with E-state index in [-0.39, 0.29) is 5.91 Å². The lowest BCUT2D eigenvalue weighted by Gasteiger charge is -2.41. The smallest absolute Gasteiger partial charge is 0.255 e. The number of benzene rings is 3. The Morgan fingerprint density at radius 2 is 1.40 bits per heavy atom. The Morgan fingerprint density at radius 3 is 2.04 bits per heavy atom. The summed E-state index contributed by atoms with van der Waals surface area (Å²) in [5.74, 6) is 0.528. The topological polar surface area (TPSA) is 32.3 Å². The van der Waals surface area contributed by atoms with E-state index in [1.807, 2.05) is 42.5 Å². The van der Waals surface area contributed by atoms with Crippen molar-refractivity contribution in [2.45, 2.75) is 5.92 Å². The number of rotatable bonds is 4. The van der Waals surface area contributed by atoms with E-state index in [4.69, 9.17) is 0 Å². The summed E-state index contributed by atoms with van der Waals surface area (Å²) in [6.45, 7) is 2.08. The van der Waals surface area contributed by atoms with E-state index in [0.29, 0.717) is 11.5 Å². The molecule has 25 heavy (non-hydrogen) atoms. The van der Waals surface area contributed by atoms with E-state index in [2.05, 4.69) is 52.7 Å². The van der Waals surface area contributed by atoms with Gasteiger partial charge in [0.05, 0.1) is 0 Å². The van der Waals surface area contributed by atoms with E-state index >= 15 is 0 Å². The second-order valence-electron chi connectivity index (χ2n) is 6.38. The number of anilines is 2. The van der Waals surface area contributed by atoms with Crippen molar-refractivity contribution in [2.24, 2.45) is 0 Å². The largest absolute Gasteiger partial charge is 0.370 e. The first kappa shape index (κ1) is 15.5. The molecule has 124 valence electrons. The molecule has 1 heterocycles. The van der Waals surface area contributed by atoms with Crippen LogP contribution in [0.25, 0.3) is 0 Å². The van der Waals surface area contributed by atoms with Crippen LogP contribution in [-0.2, 0) is 0 Å². The predicted molar refractivity (Wildman–Crippen MR) is 102 cm³/mol. The van der Waals surface area contributed by atoms with Gasteiger partial charge < -0.3 is 10.2 Å². The van der Waals surface area contributed by atoms with Gasteiger partial charge in [0.15, 0.2) is 0 Å². The van der Waals surface area contributed by atoms with Gasteiger partial charge in [-0.05, 0) is 42.0 Å². The Morgan fingerprint density at radius 1 is 0.800 bits per heavy atom. The fourth-order valence-corrected chi connectivity index (χ4v) is 3.17. The molecule has 0 bridgehead atoms. The van der Waals surface area contributed by atoms with Gasteiger partial charge in [0.1, 0.15) is 0 Å². The lowest BCUT2D eigenvalue weighted by atomic mass is 9.91. The maximum atomic E-state index is 12.2. The van der Waals surface area contributed by atoms with Crippen LogP contribution in [0.3, 0.4) is 0 Å². The van der Waals surface area contributed by atoms with Crippen molar-refractivity contribution in [3.05, 3.63) is 96.1 Å². The van der Waals surface area contributed by atoms with Gasteiger partial charge in [-0.1, -0.05) is 48.5 Å². The number of hydrogen-bond acceptors (Lipinski definition) is 2. The number of nitrogens with one attached hydrogen (secondary N) is 1. The number of carbonyl (C=O) groups is 1. The predicted octanol–water partition coefficient (Wildman–Crippen LogP) is 4.54. The summed E-state index contributed by atoms with van der Waals surface area (Å²) in [5.41, 5.74) is 4.09. The van der Waals surface area contributed by atoms with E-state index in [0.717, 1.165) is 18.8 Å². The number of carbonyl (C=O) groups excluding carboxylic acids is 1.